The summed E-state index contributed by atoms with van der Waals surface area (Å²) in [6.45, 7) is 0. The van der Waals surface area contributed by atoms with E-state index in [1.54, 1.807) is 6.07 Å². The number of nitrogens with one attached hydrogen (secondary N) is 1. The molecule has 94 valence electrons. The number of nitrogens with zero attached hydrogens (tertiary/aromatic N) is 1. The van der Waals surface area contributed by atoms with Crippen LogP contribution in [0.25, 0.3) is 11.3 Å². The van der Waals surface area contributed by atoms with E-state index in [4.69, 9.17) is 9.84 Å². The lowest BCUT2D eigenvalue weighted by atomic mass is 10.1. The Bertz CT molecular complexity index is 580. The molecule has 2 aromatic rings. The minimum Gasteiger partial charge on any atom is -0.494 e. The Kier molecular flexibility index (Phi) is 3.27. The molecule has 1 aromatic carbocycles. The van der Waals surface area contributed by atoms with E-state index < -0.39 is 11.8 Å². The number of halogens is 1. The zero-order chi connectivity index (χ0) is 13.1. The molecule has 0 bridgehead atoms. The molecule has 0 spiro atoms. The van der Waals surface area contributed by atoms with Crippen molar-refractivity contribution < 1.29 is 19.0 Å². The Labute approximate surface area is 102 Å². The van der Waals surface area contributed by atoms with Crippen LogP contribution in [0.4, 0.5) is 4.39 Å². The third-order valence-corrected chi connectivity index (χ3v) is 2.50. The Morgan fingerprint density at radius 2 is 2.33 bits per heavy atom. The average Bonchev–Trinajstić information content (AvgIpc) is 2.76. The van der Waals surface area contributed by atoms with Gasteiger partial charge in [0.25, 0.3) is 0 Å². The summed E-state index contributed by atoms with van der Waals surface area (Å²) < 4.78 is 18.4. The fourth-order valence-electron chi connectivity index (χ4n) is 1.68. The number of aromatic amines is 1. The Morgan fingerprint density at radius 1 is 1.56 bits per heavy atom. The van der Waals surface area contributed by atoms with Gasteiger partial charge < -0.3 is 9.84 Å². The number of carbonyl (C=O) groups is 1. The summed E-state index contributed by atoms with van der Waals surface area (Å²) in [4.78, 5) is 10.7. The molecule has 18 heavy (non-hydrogen) atoms. The van der Waals surface area contributed by atoms with Crippen LogP contribution in [0.15, 0.2) is 24.4 Å². The van der Waals surface area contributed by atoms with Crippen LogP contribution >= 0.6 is 0 Å². The molecule has 0 amide bonds. The molecule has 0 saturated carbocycles. The minimum absolute atomic E-state index is 0.137. The van der Waals surface area contributed by atoms with Crippen molar-refractivity contribution in [3.63, 3.8) is 0 Å². The number of hydrogen-bond donors (Lipinski definition) is 2. The van der Waals surface area contributed by atoms with Crippen molar-refractivity contribution in [1.82, 2.24) is 10.2 Å². The molecule has 1 aromatic heterocycles. The van der Waals surface area contributed by atoms with E-state index in [9.17, 15) is 9.18 Å². The first-order chi connectivity index (χ1) is 8.61. The summed E-state index contributed by atoms with van der Waals surface area (Å²) in [5.74, 6) is -1.34. The molecule has 5 nitrogen and oxygen atoms in total. The molecule has 0 atom stereocenters. The van der Waals surface area contributed by atoms with Crippen LogP contribution in [-0.2, 0) is 11.2 Å². The predicted octanol–water partition coefficient (Wildman–Crippen LogP) is 1.85. The summed E-state index contributed by atoms with van der Waals surface area (Å²) in [7, 11) is 1.38. The van der Waals surface area contributed by atoms with Gasteiger partial charge in [-0.05, 0) is 18.2 Å². The van der Waals surface area contributed by atoms with Crippen LogP contribution in [0.2, 0.25) is 0 Å². The summed E-state index contributed by atoms with van der Waals surface area (Å²) in [6.07, 6.45) is 1.26. The van der Waals surface area contributed by atoms with Gasteiger partial charge >= 0.3 is 5.97 Å². The van der Waals surface area contributed by atoms with Crippen molar-refractivity contribution in [3.05, 3.63) is 35.8 Å². The molecule has 0 aliphatic heterocycles. The fourth-order valence-corrected chi connectivity index (χ4v) is 1.68. The molecule has 2 rings (SSSR count). The maximum Gasteiger partial charge on any atom is 0.307 e. The highest BCUT2D eigenvalue weighted by Gasteiger charge is 2.13. The third-order valence-electron chi connectivity index (χ3n) is 2.50. The second-order valence-corrected chi connectivity index (χ2v) is 3.69. The zero-order valence-corrected chi connectivity index (χ0v) is 9.61. The maximum atomic E-state index is 13.6. The largest absolute Gasteiger partial charge is 0.494 e. The quantitative estimate of drug-likeness (QED) is 0.868. The smallest absolute Gasteiger partial charge is 0.307 e. The van der Waals surface area contributed by atoms with Gasteiger partial charge in [-0.15, -0.1) is 0 Å². The lowest BCUT2D eigenvalue weighted by Crippen LogP contribution is -2.00. The van der Waals surface area contributed by atoms with Crippen LogP contribution in [0.1, 0.15) is 5.56 Å². The van der Waals surface area contributed by atoms with E-state index >= 15 is 0 Å². The van der Waals surface area contributed by atoms with E-state index in [0.717, 1.165) is 0 Å². The SMILES string of the molecule is COc1ccc(-c2[nH]ncc2CC(=O)O)cc1F. The molecule has 2 N–H and O–H groups in total. The van der Waals surface area contributed by atoms with Gasteiger partial charge in [0.15, 0.2) is 11.6 Å². The second kappa shape index (κ2) is 4.87. The van der Waals surface area contributed by atoms with Crippen molar-refractivity contribution in [2.24, 2.45) is 0 Å². The van der Waals surface area contributed by atoms with E-state index in [0.29, 0.717) is 16.8 Å². The highest BCUT2D eigenvalue weighted by molar-refractivity contribution is 5.74. The minimum atomic E-state index is -0.966. The summed E-state index contributed by atoms with van der Waals surface area (Å²) in [5.41, 5.74) is 1.54. The fraction of sp³-hybridized carbons (Fsp3) is 0.167. The summed E-state index contributed by atoms with van der Waals surface area (Å²) in [6, 6.07) is 4.40. The number of ether oxygens (including phenoxy) is 1. The van der Waals surface area contributed by atoms with Gasteiger partial charge in [0.1, 0.15) is 0 Å². The molecule has 0 fully saturated rings. The molecule has 1 heterocycles. The number of carboxylic acid groups (broad SMARTS) is 1. The van der Waals surface area contributed by atoms with Crippen LogP contribution in [0, 0.1) is 5.82 Å². The monoisotopic (exact) mass is 250 g/mol. The lowest BCUT2D eigenvalue weighted by Gasteiger charge is -2.05. The Morgan fingerprint density at radius 3 is 2.94 bits per heavy atom. The van der Waals surface area contributed by atoms with Crippen molar-refractivity contribution in [2.45, 2.75) is 6.42 Å². The molecular formula is C12H11FN2O3. The number of hydrogen-bond acceptors (Lipinski definition) is 3. The number of benzene rings is 1. The van der Waals surface area contributed by atoms with E-state index in [1.165, 1.54) is 25.4 Å². The van der Waals surface area contributed by atoms with Gasteiger partial charge in [-0.2, -0.15) is 5.10 Å². The molecular weight excluding hydrogens is 239 g/mol. The van der Waals surface area contributed by atoms with Crippen molar-refractivity contribution >= 4 is 5.97 Å². The van der Waals surface area contributed by atoms with Crippen molar-refractivity contribution in [3.8, 4) is 17.0 Å². The van der Waals surface area contributed by atoms with Crippen molar-refractivity contribution in [1.29, 1.82) is 0 Å². The van der Waals surface area contributed by atoms with Gasteiger partial charge in [-0.1, -0.05) is 0 Å². The molecule has 0 radical (unpaired) electrons. The molecule has 0 aliphatic carbocycles. The standard InChI is InChI=1S/C12H11FN2O3/c1-18-10-3-2-7(4-9(10)13)12-8(5-11(16)17)6-14-15-12/h2-4,6H,5H2,1H3,(H,14,15)(H,16,17). The van der Waals surface area contributed by atoms with Crippen LogP contribution in [0.5, 0.6) is 5.75 Å². The number of H-pyrrole nitrogens is 1. The zero-order valence-electron chi connectivity index (χ0n) is 9.61. The number of aromatic nitrogens is 2. The third kappa shape index (κ3) is 2.32. The molecule has 0 aliphatic rings. The Hall–Kier alpha value is -2.37. The number of rotatable bonds is 4. The molecule has 0 unspecified atom stereocenters. The number of aliphatic carboxylic acids is 1. The average molecular weight is 250 g/mol. The van der Waals surface area contributed by atoms with E-state index in [1.807, 2.05) is 0 Å². The number of carboxylic acids is 1. The van der Waals surface area contributed by atoms with Crippen LogP contribution < -0.4 is 4.74 Å². The molecule has 6 heteroatoms. The van der Waals surface area contributed by atoms with Gasteiger partial charge in [0, 0.05) is 11.1 Å². The van der Waals surface area contributed by atoms with Crippen molar-refractivity contribution in [2.75, 3.05) is 7.11 Å². The number of methoxy groups -OCH3 is 1. The first-order valence-electron chi connectivity index (χ1n) is 5.19. The molecule has 0 saturated heterocycles. The summed E-state index contributed by atoms with van der Waals surface area (Å²) in [5, 5.41) is 15.2. The highest BCUT2D eigenvalue weighted by atomic mass is 19.1. The second-order valence-electron chi connectivity index (χ2n) is 3.69. The van der Waals surface area contributed by atoms with E-state index in [-0.39, 0.29) is 12.2 Å². The topological polar surface area (TPSA) is 75.2 Å². The first-order valence-corrected chi connectivity index (χ1v) is 5.19. The van der Waals surface area contributed by atoms with Gasteiger partial charge in [0.2, 0.25) is 0 Å². The normalized spacial score (nSPS) is 10.3. The summed E-state index contributed by atoms with van der Waals surface area (Å²) >= 11 is 0. The first kappa shape index (κ1) is 12.1. The van der Waals surface area contributed by atoms with Gasteiger partial charge in [0.05, 0.1) is 25.4 Å². The van der Waals surface area contributed by atoms with Crippen LogP contribution in [-0.4, -0.2) is 28.4 Å². The maximum absolute atomic E-state index is 13.6. The lowest BCUT2D eigenvalue weighted by molar-refractivity contribution is -0.136. The van der Waals surface area contributed by atoms with Gasteiger partial charge in [-0.3, -0.25) is 9.89 Å². The van der Waals surface area contributed by atoms with Crippen LogP contribution in [0.3, 0.4) is 0 Å². The highest BCUT2D eigenvalue weighted by Crippen LogP contribution is 2.26. The Balaban J connectivity index is 2.40. The van der Waals surface area contributed by atoms with E-state index in [2.05, 4.69) is 10.2 Å². The van der Waals surface area contributed by atoms with Gasteiger partial charge in [-0.25, -0.2) is 4.39 Å². The predicted molar refractivity (Wildman–Crippen MR) is 61.9 cm³/mol.